The van der Waals surface area contributed by atoms with E-state index in [-0.39, 0.29) is 23.4 Å². The van der Waals surface area contributed by atoms with Crippen molar-refractivity contribution in [1.29, 1.82) is 0 Å². The van der Waals surface area contributed by atoms with Gasteiger partial charge in [-0.25, -0.2) is 0 Å². The molecule has 1 unspecified atom stereocenters. The first-order chi connectivity index (χ1) is 16.3. The molecule has 0 saturated carbocycles. The van der Waals surface area contributed by atoms with E-state index >= 15 is 0 Å². The van der Waals surface area contributed by atoms with Crippen LogP contribution in [0, 0.1) is 15.5 Å². The summed E-state index contributed by atoms with van der Waals surface area (Å²) in [7, 11) is 1.73. The number of ketones is 2. The highest BCUT2D eigenvalue weighted by Gasteiger charge is 2.78. The van der Waals surface area contributed by atoms with E-state index in [9.17, 15) is 24.5 Å². The number of non-ortho nitro benzene ring substituents is 1. The standard InChI is InChI=1S/C26H19N3O5/c1-28-14-20(15-7-6-8-16(13-15)29(33)34)25(22(30)17-9-2-3-10-18(17)23(25)31)26(28)19-11-4-5-12-21(19)27-24(26)32/h2-13,20H,14H2,1H3,(H,27,32)/t20-,26?/m0/s1. The summed E-state index contributed by atoms with van der Waals surface area (Å²) in [5.74, 6) is -2.08. The van der Waals surface area contributed by atoms with Crippen molar-refractivity contribution in [3.05, 3.63) is 105 Å². The van der Waals surface area contributed by atoms with Crippen molar-refractivity contribution >= 4 is 28.8 Å². The molecular formula is C26H19N3O5. The van der Waals surface area contributed by atoms with Crippen molar-refractivity contribution in [3.8, 4) is 0 Å². The highest BCUT2D eigenvalue weighted by molar-refractivity contribution is 6.34. The summed E-state index contributed by atoms with van der Waals surface area (Å²) in [6.07, 6.45) is 0. The molecule has 168 valence electrons. The Morgan fingerprint density at radius 1 is 0.941 bits per heavy atom. The third kappa shape index (κ3) is 2.14. The van der Waals surface area contributed by atoms with Gasteiger partial charge in [0.25, 0.3) is 11.6 Å². The molecule has 8 heteroatoms. The van der Waals surface area contributed by atoms with E-state index in [0.717, 1.165) is 0 Å². The van der Waals surface area contributed by atoms with Gasteiger partial charge in [-0.15, -0.1) is 0 Å². The highest BCUT2D eigenvalue weighted by Crippen LogP contribution is 2.66. The maximum Gasteiger partial charge on any atom is 0.269 e. The van der Waals surface area contributed by atoms with Crippen LogP contribution in [0.2, 0.25) is 0 Å². The number of Topliss-reactive ketones (excluding diaryl/α,β-unsaturated/α-hetero) is 2. The molecule has 1 aliphatic carbocycles. The second-order valence-electron chi connectivity index (χ2n) is 9.01. The zero-order valence-corrected chi connectivity index (χ0v) is 18.1. The summed E-state index contributed by atoms with van der Waals surface area (Å²) in [6, 6.07) is 19.7. The van der Waals surface area contributed by atoms with Gasteiger partial charge in [0.2, 0.25) is 0 Å². The molecule has 1 N–H and O–H groups in total. The van der Waals surface area contributed by atoms with Crippen molar-refractivity contribution in [2.45, 2.75) is 11.5 Å². The number of nitrogens with zero attached hydrogens (tertiary/aromatic N) is 2. The molecule has 1 saturated heterocycles. The molecular weight excluding hydrogens is 434 g/mol. The van der Waals surface area contributed by atoms with Crippen LogP contribution in [0.5, 0.6) is 0 Å². The number of likely N-dealkylation sites (N-methyl/N-ethyl adjacent to an activating group) is 1. The lowest BCUT2D eigenvalue weighted by Gasteiger charge is -2.42. The van der Waals surface area contributed by atoms with Gasteiger partial charge in [-0.3, -0.25) is 29.4 Å². The van der Waals surface area contributed by atoms with Gasteiger partial charge in [-0.1, -0.05) is 54.6 Å². The molecule has 34 heavy (non-hydrogen) atoms. The van der Waals surface area contributed by atoms with Gasteiger partial charge in [0.1, 0.15) is 11.0 Å². The van der Waals surface area contributed by atoms with E-state index < -0.39 is 39.3 Å². The number of fused-ring (bicyclic) bond motifs is 4. The molecule has 2 spiro atoms. The molecule has 0 bridgehead atoms. The first-order valence-corrected chi connectivity index (χ1v) is 10.9. The third-order valence-electron chi connectivity index (χ3n) is 7.63. The number of carbonyl (C=O) groups excluding carboxylic acids is 3. The van der Waals surface area contributed by atoms with Crippen LogP contribution in [0.4, 0.5) is 11.4 Å². The Hall–Kier alpha value is -4.17. The van der Waals surface area contributed by atoms with Crippen LogP contribution in [0.25, 0.3) is 0 Å². The summed E-state index contributed by atoms with van der Waals surface area (Å²) in [5.41, 5.74) is -1.40. The van der Waals surface area contributed by atoms with Crippen LogP contribution in [0.3, 0.4) is 0 Å². The third-order valence-corrected chi connectivity index (χ3v) is 7.63. The quantitative estimate of drug-likeness (QED) is 0.361. The van der Waals surface area contributed by atoms with Crippen LogP contribution in [-0.4, -0.2) is 40.9 Å². The number of amides is 1. The van der Waals surface area contributed by atoms with Gasteiger partial charge < -0.3 is 5.32 Å². The fraction of sp³-hybridized carbons (Fsp3) is 0.192. The van der Waals surface area contributed by atoms with Crippen LogP contribution < -0.4 is 5.32 Å². The Labute approximate surface area is 194 Å². The van der Waals surface area contributed by atoms with Crippen LogP contribution in [-0.2, 0) is 10.3 Å². The lowest BCUT2D eigenvalue weighted by atomic mass is 9.58. The number of carbonyl (C=O) groups is 3. The normalized spacial score (nSPS) is 24.5. The summed E-state index contributed by atoms with van der Waals surface area (Å²) in [4.78, 5) is 55.3. The average molecular weight is 453 g/mol. The molecule has 3 aliphatic rings. The number of rotatable bonds is 2. The van der Waals surface area contributed by atoms with Crippen molar-refractivity contribution in [2.24, 2.45) is 5.41 Å². The van der Waals surface area contributed by atoms with Crippen molar-refractivity contribution < 1.29 is 19.3 Å². The SMILES string of the molecule is CN1C[C@@H](c2cccc([N+](=O)[O-])c2)C2(C(=O)c3ccccc3C2=O)C12C(=O)Nc1ccccc12. The lowest BCUT2D eigenvalue weighted by Crippen LogP contribution is -2.60. The number of hydrogen-bond donors (Lipinski definition) is 1. The Bertz CT molecular complexity index is 1410. The topological polar surface area (TPSA) is 110 Å². The van der Waals surface area contributed by atoms with Crippen molar-refractivity contribution in [2.75, 3.05) is 18.9 Å². The Kier molecular flexibility index (Phi) is 4.01. The van der Waals surface area contributed by atoms with Gasteiger partial charge in [0, 0.05) is 47.0 Å². The van der Waals surface area contributed by atoms with E-state index in [1.807, 2.05) is 0 Å². The van der Waals surface area contributed by atoms with Crippen molar-refractivity contribution in [1.82, 2.24) is 4.90 Å². The fourth-order valence-corrected chi connectivity index (χ4v) is 6.38. The summed E-state index contributed by atoms with van der Waals surface area (Å²) >= 11 is 0. The molecule has 8 nitrogen and oxygen atoms in total. The van der Waals surface area contributed by atoms with E-state index in [2.05, 4.69) is 5.32 Å². The number of benzene rings is 3. The smallest absolute Gasteiger partial charge is 0.269 e. The molecule has 2 aliphatic heterocycles. The van der Waals surface area contributed by atoms with E-state index in [1.54, 1.807) is 72.6 Å². The van der Waals surface area contributed by atoms with E-state index in [0.29, 0.717) is 16.8 Å². The monoisotopic (exact) mass is 453 g/mol. The first kappa shape index (κ1) is 20.4. The Morgan fingerprint density at radius 3 is 2.26 bits per heavy atom. The Morgan fingerprint density at radius 2 is 1.59 bits per heavy atom. The molecule has 2 atom stereocenters. The van der Waals surface area contributed by atoms with Gasteiger partial charge in [0.15, 0.2) is 11.6 Å². The molecule has 1 fully saturated rings. The lowest BCUT2D eigenvalue weighted by molar-refractivity contribution is -0.384. The predicted molar refractivity (Wildman–Crippen MR) is 123 cm³/mol. The maximum absolute atomic E-state index is 14.3. The van der Waals surface area contributed by atoms with Crippen molar-refractivity contribution in [3.63, 3.8) is 0 Å². The van der Waals surface area contributed by atoms with Crippen LogP contribution in [0.15, 0.2) is 72.8 Å². The highest BCUT2D eigenvalue weighted by atomic mass is 16.6. The number of anilines is 1. The number of nitro groups is 1. The van der Waals surface area contributed by atoms with Gasteiger partial charge in [0.05, 0.1) is 4.92 Å². The molecule has 0 aromatic heterocycles. The summed E-state index contributed by atoms with van der Waals surface area (Å²) in [6.45, 7) is 0.189. The molecule has 3 aromatic rings. The number of nitro benzene ring substituents is 1. The maximum atomic E-state index is 14.3. The first-order valence-electron chi connectivity index (χ1n) is 10.9. The van der Waals surface area contributed by atoms with E-state index in [4.69, 9.17) is 0 Å². The van der Waals surface area contributed by atoms with Gasteiger partial charge in [-0.2, -0.15) is 0 Å². The fourth-order valence-electron chi connectivity index (χ4n) is 6.38. The van der Waals surface area contributed by atoms with Crippen LogP contribution in [0.1, 0.15) is 37.8 Å². The number of hydrogen-bond acceptors (Lipinski definition) is 6. The molecule has 6 rings (SSSR count). The summed E-state index contributed by atoms with van der Waals surface area (Å²) in [5, 5.41) is 14.4. The minimum absolute atomic E-state index is 0.136. The molecule has 3 aromatic carbocycles. The molecule has 2 heterocycles. The second kappa shape index (κ2) is 6.68. The number of para-hydroxylation sites is 1. The zero-order chi connectivity index (χ0) is 23.8. The second-order valence-corrected chi connectivity index (χ2v) is 9.01. The Balaban J connectivity index is 1.71. The van der Waals surface area contributed by atoms with Crippen LogP contribution >= 0.6 is 0 Å². The van der Waals surface area contributed by atoms with Gasteiger partial charge >= 0.3 is 0 Å². The molecule has 0 radical (unpaired) electrons. The van der Waals surface area contributed by atoms with E-state index in [1.165, 1.54) is 12.1 Å². The largest absolute Gasteiger partial charge is 0.324 e. The minimum atomic E-state index is -1.81. The summed E-state index contributed by atoms with van der Waals surface area (Å²) < 4.78 is 0. The number of likely N-dealkylation sites (tertiary alicyclic amines) is 1. The minimum Gasteiger partial charge on any atom is -0.324 e. The average Bonchev–Trinajstić information content (AvgIpc) is 3.39. The zero-order valence-electron chi connectivity index (χ0n) is 18.1. The predicted octanol–water partition coefficient (Wildman–Crippen LogP) is 3.54. The molecule has 1 amide bonds. The number of nitrogens with one attached hydrogen (secondary N) is 1. The van der Waals surface area contributed by atoms with Gasteiger partial charge in [-0.05, 0) is 18.7 Å².